The van der Waals surface area contributed by atoms with Crippen LogP contribution in [0.15, 0.2) is 0 Å². The van der Waals surface area contributed by atoms with Crippen LogP contribution in [0.1, 0.15) is 59.8 Å². The standard InChI is InChI=1S/C14H26N2O2.2CH3.Ti/c1-5-14(6-2)8-12(15-10(3)17)7-13(9-14)16-11(4)18;;;/h12-13H,5-9H2,1-4H3,(H,15,17)(H,16,18);2*1H3;/q;2*-1;+2. The molecule has 5 heteroatoms. The van der Waals surface area contributed by atoms with Gasteiger partial charge in [0.05, 0.1) is 0 Å². The Labute approximate surface area is 146 Å². The molecule has 1 saturated carbocycles. The van der Waals surface area contributed by atoms with Crippen molar-refractivity contribution in [3.63, 3.8) is 0 Å². The average molecular weight is 332 g/mol. The first kappa shape index (κ1) is 25.6. The van der Waals surface area contributed by atoms with E-state index in [0.717, 1.165) is 32.1 Å². The van der Waals surface area contributed by atoms with Crippen molar-refractivity contribution in [3.8, 4) is 0 Å². The van der Waals surface area contributed by atoms with Gasteiger partial charge in [0.25, 0.3) is 0 Å². The van der Waals surface area contributed by atoms with Crippen molar-refractivity contribution < 1.29 is 31.3 Å². The summed E-state index contributed by atoms with van der Waals surface area (Å²) in [6.45, 7) is 7.51. The minimum Gasteiger partial charge on any atom is -0.358 e. The summed E-state index contributed by atoms with van der Waals surface area (Å²) in [5.41, 5.74) is 0.248. The third-order valence-corrected chi connectivity index (χ3v) is 4.24. The maximum absolute atomic E-state index is 11.2. The minimum absolute atomic E-state index is 0. The van der Waals surface area contributed by atoms with Gasteiger partial charge in [0, 0.05) is 25.9 Å². The Morgan fingerprint density at radius 1 is 0.952 bits per heavy atom. The van der Waals surface area contributed by atoms with Gasteiger partial charge in [0.15, 0.2) is 0 Å². The van der Waals surface area contributed by atoms with Gasteiger partial charge in [-0.25, -0.2) is 0 Å². The molecule has 2 atom stereocenters. The van der Waals surface area contributed by atoms with Gasteiger partial charge in [-0.1, -0.05) is 26.7 Å². The second-order valence-electron chi connectivity index (χ2n) is 5.65. The molecule has 0 aliphatic heterocycles. The van der Waals surface area contributed by atoms with Gasteiger partial charge in [-0.2, -0.15) is 0 Å². The summed E-state index contributed by atoms with van der Waals surface area (Å²) in [5, 5.41) is 6.04. The van der Waals surface area contributed by atoms with Crippen LogP contribution < -0.4 is 10.6 Å². The monoisotopic (exact) mass is 332 g/mol. The maximum Gasteiger partial charge on any atom is 2.00 e. The Balaban J connectivity index is -0.00000108. The van der Waals surface area contributed by atoms with Gasteiger partial charge in [-0.15, -0.1) is 0 Å². The molecule has 0 spiro atoms. The van der Waals surface area contributed by atoms with Crippen LogP contribution in [-0.4, -0.2) is 23.9 Å². The van der Waals surface area contributed by atoms with Crippen molar-refractivity contribution in [2.24, 2.45) is 5.41 Å². The van der Waals surface area contributed by atoms with Crippen molar-refractivity contribution in [1.82, 2.24) is 10.6 Å². The zero-order valence-electron chi connectivity index (χ0n) is 14.5. The van der Waals surface area contributed by atoms with Crippen molar-refractivity contribution in [1.29, 1.82) is 0 Å². The molecule has 0 aromatic carbocycles. The zero-order chi connectivity index (χ0) is 13.8. The number of hydrogen-bond donors (Lipinski definition) is 2. The predicted molar refractivity (Wildman–Crippen MR) is 84.9 cm³/mol. The number of nitrogens with one attached hydrogen (secondary N) is 2. The predicted octanol–water partition coefficient (Wildman–Crippen LogP) is 2.88. The first-order valence-corrected chi connectivity index (χ1v) is 6.95. The molecule has 4 nitrogen and oxygen atoms in total. The van der Waals surface area contributed by atoms with Crippen LogP contribution in [0.5, 0.6) is 0 Å². The van der Waals surface area contributed by atoms with Crippen LogP contribution in [0.4, 0.5) is 0 Å². The van der Waals surface area contributed by atoms with Gasteiger partial charge in [0.1, 0.15) is 0 Å². The Morgan fingerprint density at radius 2 is 1.29 bits per heavy atom. The quantitative estimate of drug-likeness (QED) is 0.614. The number of hydrogen-bond acceptors (Lipinski definition) is 2. The second kappa shape index (κ2) is 11.3. The fourth-order valence-corrected chi connectivity index (χ4v) is 3.26. The van der Waals surface area contributed by atoms with E-state index in [4.69, 9.17) is 0 Å². The van der Waals surface area contributed by atoms with Gasteiger partial charge in [0.2, 0.25) is 11.8 Å². The normalized spacial score (nSPS) is 22.7. The first-order valence-electron chi connectivity index (χ1n) is 6.95. The van der Waals surface area contributed by atoms with Crippen molar-refractivity contribution in [2.45, 2.75) is 71.9 Å². The molecule has 2 N–H and O–H groups in total. The van der Waals surface area contributed by atoms with E-state index in [2.05, 4.69) is 24.5 Å². The Hall–Kier alpha value is -0.346. The largest absolute Gasteiger partial charge is 2.00 e. The molecule has 0 saturated heterocycles. The van der Waals surface area contributed by atoms with E-state index in [1.54, 1.807) is 13.8 Å². The van der Waals surface area contributed by atoms with Gasteiger partial charge < -0.3 is 25.5 Å². The molecule has 1 fully saturated rings. The molecule has 0 aromatic heterocycles. The molecular formula is C16H32N2O2Ti. The molecule has 2 amide bonds. The van der Waals surface area contributed by atoms with Gasteiger partial charge in [-0.3, -0.25) is 9.59 Å². The molecule has 0 aromatic rings. The Morgan fingerprint density at radius 3 is 1.52 bits per heavy atom. The molecule has 0 bridgehead atoms. The number of amides is 2. The Bertz CT molecular complexity index is 291. The molecule has 0 heterocycles. The van der Waals surface area contributed by atoms with Crippen LogP contribution in [0, 0.1) is 20.3 Å². The first-order chi connectivity index (χ1) is 8.40. The summed E-state index contributed by atoms with van der Waals surface area (Å²) >= 11 is 0. The van der Waals surface area contributed by atoms with E-state index in [9.17, 15) is 9.59 Å². The molecule has 1 aliphatic carbocycles. The van der Waals surface area contributed by atoms with Crippen LogP contribution >= 0.6 is 0 Å². The van der Waals surface area contributed by atoms with E-state index in [1.807, 2.05) is 0 Å². The third kappa shape index (κ3) is 8.01. The average Bonchev–Trinajstić information content (AvgIpc) is 2.26. The smallest absolute Gasteiger partial charge is 0.358 e. The molecule has 21 heavy (non-hydrogen) atoms. The van der Waals surface area contributed by atoms with Gasteiger partial charge in [-0.05, 0) is 24.7 Å². The van der Waals surface area contributed by atoms with E-state index in [-0.39, 0.29) is 65.9 Å². The molecule has 122 valence electrons. The van der Waals surface area contributed by atoms with E-state index < -0.39 is 0 Å². The number of carbonyl (C=O) groups is 2. The minimum atomic E-state index is 0. The maximum atomic E-state index is 11.2. The molecule has 2 unspecified atom stereocenters. The van der Waals surface area contributed by atoms with Crippen molar-refractivity contribution in [2.75, 3.05) is 0 Å². The third-order valence-electron chi connectivity index (χ3n) is 4.24. The fraction of sp³-hybridized carbons (Fsp3) is 0.750. The second-order valence-corrected chi connectivity index (χ2v) is 5.65. The van der Waals surface area contributed by atoms with Crippen LogP contribution in [-0.2, 0) is 31.3 Å². The summed E-state index contributed by atoms with van der Waals surface area (Å²) in [5.74, 6) is 0.0363. The number of carbonyl (C=O) groups excluding carboxylic acids is 2. The van der Waals surface area contributed by atoms with E-state index in [0.29, 0.717) is 0 Å². The zero-order valence-corrected chi connectivity index (χ0v) is 16.1. The molecule has 0 radical (unpaired) electrons. The van der Waals surface area contributed by atoms with E-state index >= 15 is 0 Å². The van der Waals surface area contributed by atoms with Crippen molar-refractivity contribution in [3.05, 3.63) is 14.9 Å². The van der Waals surface area contributed by atoms with Gasteiger partial charge >= 0.3 is 21.7 Å². The fourth-order valence-electron chi connectivity index (χ4n) is 3.26. The topological polar surface area (TPSA) is 58.2 Å². The summed E-state index contributed by atoms with van der Waals surface area (Å²) in [4.78, 5) is 22.5. The molecular weight excluding hydrogens is 300 g/mol. The van der Waals surface area contributed by atoms with E-state index in [1.165, 1.54) is 0 Å². The summed E-state index contributed by atoms with van der Waals surface area (Å²) < 4.78 is 0. The summed E-state index contributed by atoms with van der Waals surface area (Å²) in [6.07, 6.45) is 5.08. The molecule has 1 aliphatic rings. The van der Waals surface area contributed by atoms with Crippen LogP contribution in [0.2, 0.25) is 0 Å². The van der Waals surface area contributed by atoms with Crippen molar-refractivity contribution >= 4 is 11.8 Å². The summed E-state index contributed by atoms with van der Waals surface area (Å²) in [7, 11) is 0. The molecule has 1 rings (SSSR count). The summed E-state index contributed by atoms with van der Waals surface area (Å²) in [6, 6.07) is 0.376. The SMILES string of the molecule is CCC1(CC)CC(NC(C)=O)CC(NC(C)=O)C1.[CH3-].[CH3-].[Ti+2]. The Kier molecular flexibility index (Phi) is 13.7. The number of rotatable bonds is 4. The van der Waals surface area contributed by atoms with Crippen LogP contribution in [0.25, 0.3) is 0 Å². The van der Waals surface area contributed by atoms with Crippen LogP contribution in [0.3, 0.4) is 0 Å².